The first kappa shape index (κ1) is 14.3. The zero-order valence-corrected chi connectivity index (χ0v) is 12.0. The Morgan fingerprint density at radius 3 is 2.68 bits per heavy atom. The molecule has 1 aliphatic rings. The van der Waals surface area contributed by atoms with Gasteiger partial charge < -0.3 is 10.6 Å². The molecule has 1 aromatic rings. The van der Waals surface area contributed by atoms with Crippen molar-refractivity contribution in [3.63, 3.8) is 0 Å². The molecule has 1 fully saturated rings. The molecule has 0 aromatic heterocycles. The minimum atomic E-state index is -0.160. The van der Waals surface area contributed by atoms with E-state index in [1.54, 1.807) is 12.1 Å². The smallest absolute Gasteiger partial charge is 0.123 e. The normalized spacial score (nSPS) is 15.0. The van der Waals surface area contributed by atoms with Crippen LogP contribution in [0.5, 0.6) is 0 Å². The second-order valence-electron chi connectivity index (χ2n) is 5.92. The van der Waals surface area contributed by atoms with E-state index in [1.807, 2.05) is 6.07 Å². The standard InChI is InChI=1S/C16H25FN2/c1-12(2)8-10-19(15-4-5-15)16-6-3-14(17)11-13(16)7-9-18/h3,6,11-12,15H,4-5,7-10,18H2,1-2H3. The van der Waals surface area contributed by atoms with Gasteiger partial charge in [0.05, 0.1) is 0 Å². The van der Waals surface area contributed by atoms with Crippen molar-refractivity contribution in [2.45, 2.75) is 45.6 Å². The average Bonchev–Trinajstić information content (AvgIpc) is 3.16. The molecule has 1 aromatic carbocycles. The fourth-order valence-electron chi connectivity index (χ4n) is 2.47. The molecule has 2 rings (SSSR count). The quantitative estimate of drug-likeness (QED) is 0.818. The molecule has 0 amide bonds. The van der Waals surface area contributed by atoms with Gasteiger partial charge in [0.1, 0.15) is 5.82 Å². The minimum absolute atomic E-state index is 0.160. The summed E-state index contributed by atoms with van der Waals surface area (Å²) < 4.78 is 13.4. The van der Waals surface area contributed by atoms with Crippen LogP contribution in [0.2, 0.25) is 0 Å². The topological polar surface area (TPSA) is 29.3 Å². The van der Waals surface area contributed by atoms with E-state index in [0.717, 1.165) is 18.5 Å². The van der Waals surface area contributed by atoms with Gasteiger partial charge in [-0.25, -0.2) is 4.39 Å². The Kier molecular flexibility index (Phi) is 4.81. The van der Waals surface area contributed by atoms with Crippen LogP contribution in [0.4, 0.5) is 10.1 Å². The molecule has 3 heteroatoms. The minimum Gasteiger partial charge on any atom is -0.368 e. The number of nitrogens with two attached hydrogens (primary N) is 1. The van der Waals surface area contributed by atoms with Crippen LogP contribution in [-0.4, -0.2) is 19.1 Å². The molecule has 2 nitrogen and oxygen atoms in total. The van der Waals surface area contributed by atoms with Crippen LogP contribution in [0.3, 0.4) is 0 Å². The molecular weight excluding hydrogens is 239 g/mol. The van der Waals surface area contributed by atoms with E-state index in [2.05, 4.69) is 18.7 Å². The van der Waals surface area contributed by atoms with Crippen molar-refractivity contribution < 1.29 is 4.39 Å². The molecule has 0 atom stereocenters. The first-order valence-corrected chi connectivity index (χ1v) is 7.37. The Morgan fingerprint density at radius 2 is 2.11 bits per heavy atom. The van der Waals surface area contributed by atoms with E-state index in [9.17, 15) is 4.39 Å². The molecule has 0 spiro atoms. The van der Waals surface area contributed by atoms with Crippen LogP contribution in [0.1, 0.15) is 38.7 Å². The molecule has 0 bridgehead atoms. The fourth-order valence-corrected chi connectivity index (χ4v) is 2.47. The van der Waals surface area contributed by atoms with Crippen LogP contribution in [-0.2, 0) is 6.42 Å². The molecule has 106 valence electrons. The maximum absolute atomic E-state index is 13.4. The maximum Gasteiger partial charge on any atom is 0.123 e. The first-order valence-electron chi connectivity index (χ1n) is 7.37. The third kappa shape index (κ3) is 3.93. The van der Waals surface area contributed by atoms with E-state index in [1.165, 1.54) is 24.9 Å². The predicted octanol–water partition coefficient (Wildman–Crippen LogP) is 3.34. The number of nitrogens with zero attached hydrogens (tertiary/aromatic N) is 1. The highest BCUT2D eigenvalue weighted by molar-refractivity contribution is 5.55. The predicted molar refractivity (Wildman–Crippen MR) is 79.0 cm³/mol. The van der Waals surface area contributed by atoms with Crippen molar-refractivity contribution in [1.82, 2.24) is 0 Å². The average molecular weight is 264 g/mol. The Balaban J connectivity index is 2.19. The summed E-state index contributed by atoms with van der Waals surface area (Å²) in [5, 5.41) is 0. The number of hydrogen-bond donors (Lipinski definition) is 1. The summed E-state index contributed by atoms with van der Waals surface area (Å²) in [5.74, 6) is 0.534. The highest BCUT2D eigenvalue weighted by Gasteiger charge is 2.30. The van der Waals surface area contributed by atoms with Gasteiger partial charge in [0.25, 0.3) is 0 Å². The van der Waals surface area contributed by atoms with Gasteiger partial charge in [-0.2, -0.15) is 0 Å². The van der Waals surface area contributed by atoms with Crippen LogP contribution in [0.25, 0.3) is 0 Å². The highest BCUT2D eigenvalue weighted by atomic mass is 19.1. The highest BCUT2D eigenvalue weighted by Crippen LogP contribution is 2.34. The lowest BCUT2D eigenvalue weighted by atomic mass is 10.1. The SMILES string of the molecule is CC(C)CCN(c1ccc(F)cc1CCN)C1CC1. The lowest BCUT2D eigenvalue weighted by Crippen LogP contribution is -2.29. The molecule has 1 saturated carbocycles. The van der Waals surface area contributed by atoms with Gasteiger partial charge >= 0.3 is 0 Å². The number of benzene rings is 1. The Bertz CT molecular complexity index is 413. The van der Waals surface area contributed by atoms with Crippen LogP contribution in [0, 0.1) is 11.7 Å². The molecule has 0 heterocycles. The van der Waals surface area contributed by atoms with Gasteiger partial charge in [-0.1, -0.05) is 13.8 Å². The number of hydrogen-bond acceptors (Lipinski definition) is 2. The van der Waals surface area contributed by atoms with E-state index < -0.39 is 0 Å². The summed E-state index contributed by atoms with van der Waals surface area (Å²) in [7, 11) is 0. The lowest BCUT2D eigenvalue weighted by Gasteiger charge is -2.28. The molecule has 0 radical (unpaired) electrons. The number of halogens is 1. The lowest BCUT2D eigenvalue weighted by molar-refractivity contribution is 0.569. The van der Waals surface area contributed by atoms with Gasteiger partial charge in [-0.05, 0) is 61.9 Å². The Hall–Kier alpha value is -1.09. The van der Waals surface area contributed by atoms with Crippen molar-refractivity contribution in [2.75, 3.05) is 18.0 Å². The van der Waals surface area contributed by atoms with Crippen molar-refractivity contribution in [2.24, 2.45) is 11.7 Å². The zero-order chi connectivity index (χ0) is 13.8. The largest absolute Gasteiger partial charge is 0.368 e. The first-order chi connectivity index (χ1) is 9.11. The summed E-state index contributed by atoms with van der Waals surface area (Å²) >= 11 is 0. The van der Waals surface area contributed by atoms with Crippen LogP contribution < -0.4 is 10.6 Å². The van der Waals surface area contributed by atoms with Gasteiger partial charge in [-0.15, -0.1) is 0 Å². The van der Waals surface area contributed by atoms with Crippen molar-refractivity contribution >= 4 is 5.69 Å². The van der Waals surface area contributed by atoms with Crippen LogP contribution in [0.15, 0.2) is 18.2 Å². The second-order valence-corrected chi connectivity index (χ2v) is 5.92. The van der Waals surface area contributed by atoms with E-state index in [0.29, 0.717) is 18.5 Å². The molecule has 2 N–H and O–H groups in total. The van der Waals surface area contributed by atoms with Gasteiger partial charge in [0.15, 0.2) is 0 Å². The molecular formula is C16H25FN2. The van der Waals surface area contributed by atoms with E-state index >= 15 is 0 Å². The third-order valence-electron chi connectivity index (χ3n) is 3.70. The monoisotopic (exact) mass is 264 g/mol. The maximum atomic E-state index is 13.4. The van der Waals surface area contributed by atoms with Gasteiger partial charge in [0, 0.05) is 18.3 Å². The summed E-state index contributed by atoms with van der Waals surface area (Å²) in [6.45, 7) is 6.12. The fraction of sp³-hybridized carbons (Fsp3) is 0.625. The number of anilines is 1. The van der Waals surface area contributed by atoms with E-state index in [4.69, 9.17) is 5.73 Å². The third-order valence-corrected chi connectivity index (χ3v) is 3.70. The summed E-state index contributed by atoms with van der Waals surface area (Å²) in [6.07, 6.45) is 4.45. The van der Waals surface area contributed by atoms with Gasteiger partial charge in [0.2, 0.25) is 0 Å². The summed E-state index contributed by atoms with van der Waals surface area (Å²) in [6, 6.07) is 5.80. The van der Waals surface area contributed by atoms with Crippen molar-refractivity contribution in [3.8, 4) is 0 Å². The van der Waals surface area contributed by atoms with Gasteiger partial charge in [-0.3, -0.25) is 0 Å². The zero-order valence-electron chi connectivity index (χ0n) is 12.0. The molecule has 0 saturated heterocycles. The second kappa shape index (κ2) is 6.38. The molecule has 1 aliphatic carbocycles. The van der Waals surface area contributed by atoms with Crippen molar-refractivity contribution in [3.05, 3.63) is 29.6 Å². The summed E-state index contributed by atoms with van der Waals surface area (Å²) in [5.41, 5.74) is 7.90. The Labute approximate surface area is 115 Å². The number of rotatable bonds is 7. The van der Waals surface area contributed by atoms with E-state index in [-0.39, 0.29) is 5.82 Å². The van der Waals surface area contributed by atoms with Crippen molar-refractivity contribution in [1.29, 1.82) is 0 Å². The summed E-state index contributed by atoms with van der Waals surface area (Å²) in [4.78, 5) is 2.46. The molecule has 19 heavy (non-hydrogen) atoms. The Morgan fingerprint density at radius 1 is 1.37 bits per heavy atom. The van der Waals surface area contributed by atoms with Crippen LogP contribution >= 0.6 is 0 Å². The molecule has 0 unspecified atom stereocenters. The molecule has 0 aliphatic heterocycles.